The van der Waals surface area contributed by atoms with Crippen molar-refractivity contribution in [2.45, 2.75) is 25.5 Å². The molecular formula is C12H18N2O2S. The topological polar surface area (TPSA) is 55.2 Å². The van der Waals surface area contributed by atoms with Crippen molar-refractivity contribution in [1.82, 2.24) is 0 Å². The summed E-state index contributed by atoms with van der Waals surface area (Å²) in [4.78, 5) is 10.5. The van der Waals surface area contributed by atoms with E-state index in [0.29, 0.717) is 5.69 Å². The van der Waals surface area contributed by atoms with Gasteiger partial charge in [0.25, 0.3) is 5.69 Å². The number of rotatable bonds is 7. The van der Waals surface area contributed by atoms with Crippen LogP contribution in [-0.2, 0) is 5.75 Å². The zero-order valence-corrected chi connectivity index (χ0v) is 11.0. The Bertz CT molecular complexity index is 383. The number of nitro benzene ring substituents is 1. The van der Waals surface area contributed by atoms with Gasteiger partial charge in [-0.25, -0.2) is 0 Å². The molecule has 0 amide bonds. The molecule has 0 saturated heterocycles. The minimum Gasteiger partial charge on any atom is -0.383 e. The molecule has 17 heavy (non-hydrogen) atoms. The first-order valence-corrected chi connectivity index (χ1v) is 6.87. The van der Waals surface area contributed by atoms with Gasteiger partial charge in [-0.05, 0) is 23.8 Å². The number of hydrogen-bond donors (Lipinski definition) is 1. The van der Waals surface area contributed by atoms with Crippen LogP contribution < -0.4 is 5.32 Å². The van der Waals surface area contributed by atoms with Crippen molar-refractivity contribution in [2.75, 3.05) is 18.1 Å². The Labute approximate surface area is 106 Å². The van der Waals surface area contributed by atoms with Gasteiger partial charge in [0, 0.05) is 18.9 Å². The van der Waals surface area contributed by atoms with Gasteiger partial charge in [-0.15, -0.1) is 0 Å². The number of nitrogens with one attached hydrogen (secondary N) is 1. The zero-order valence-electron chi connectivity index (χ0n) is 10.2. The summed E-state index contributed by atoms with van der Waals surface area (Å²) >= 11 is 1.82. The predicted octanol–water partition coefficient (Wildman–Crippen LogP) is 3.67. The Morgan fingerprint density at radius 1 is 1.47 bits per heavy atom. The third-order valence-electron chi connectivity index (χ3n) is 2.44. The Hall–Kier alpha value is -1.23. The molecule has 0 radical (unpaired) electrons. The van der Waals surface area contributed by atoms with Crippen LogP contribution in [0.4, 0.5) is 11.4 Å². The third kappa shape index (κ3) is 4.26. The van der Waals surface area contributed by atoms with E-state index in [2.05, 4.69) is 12.2 Å². The molecule has 1 aromatic rings. The molecule has 0 aliphatic rings. The number of anilines is 1. The summed E-state index contributed by atoms with van der Waals surface area (Å²) in [6.07, 6.45) is 2.38. The lowest BCUT2D eigenvalue weighted by atomic mass is 10.2. The van der Waals surface area contributed by atoms with Crippen LogP contribution in [0.3, 0.4) is 0 Å². The fourth-order valence-electron chi connectivity index (χ4n) is 1.47. The van der Waals surface area contributed by atoms with Gasteiger partial charge in [0.15, 0.2) is 0 Å². The zero-order chi connectivity index (χ0) is 12.7. The van der Waals surface area contributed by atoms with Crippen LogP contribution in [0.15, 0.2) is 18.2 Å². The molecule has 0 unspecified atom stereocenters. The van der Waals surface area contributed by atoms with Crippen LogP contribution in [0.1, 0.15) is 25.3 Å². The highest BCUT2D eigenvalue weighted by molar-refractivity contribution is 7.98. The summed E-state index contributed by atoms with van der Waals surface area (Å²) in [5.74, 6) is 1.95. The number of benzene rings is 1. The third-order valence-corrected chi connectivity index (χ3v) is 3.55. The van der Waals surface area contributed by atoms with E-state index < -0.39 is 0 Å². The van der Waals surface area contributed by atoms with Gasteiger partial charge < -0.3 is 5.32 Å². The van der Waals surface area contributed by atoms with Gasteiger partial charge in [-0.1, -0.05) is 19.4 Å². The number of hydrogen-bond acceptors (Lipinski definition) is 4. The average Bonchev–Trinajstić information content (AvgIpc) is 2.34. The fraction of sp³-hybridized carbons (Fsp3) is 0.500. The van der Waals surface area contributed by atoms with E-state index in [1.54, 1.807) is 19.2 Å². The van der Waals surface area contributed by atoms with Crippen LogP contribution >= 0.6 is 11.8 Å². The average molecular weight is 254 g/mol. The summed E-state index contributed by atoms with van der Waals surface area (Å²) in [6, 6.07) is 5.37. The molecule has 1 N–H and O–H groups in total. The summed E-state index contributed by atoms with van der Waals surface area (Å²) < 4.78 is 0. The standard InChI is InChI=1S/C12H18N2O2S/c1-3-4-7-17-9-10-5-6-11(13-2)12(8-10)14(15)16/h5-6,8,13H,3-4,7,9H2,1-2H3. The molecule has 1 rings (SSSR count). The Morgan fingerprint density at radius 3 is 2.82 bits per heavy atom. The molecule has 0 aromatic heterocycles. The van der Waals surface area contributed by atoms with Crippen LogP contribution in [0.5, 0.6) is 0 Å². The van der Waals surface area contributed by atoms with Crippen molar-refractivity contribution in [2.24, 2.45) is 0 Å². The van der Waals surface area contributed by atoms with Gasteiger partial charge in [0.1, 0.15) is 5.69 Å². The Kier molecular flexibility index (Phi) is 5.83. The lowest BCUT2D eigenvalue weighted by Crippen LogP contribution is -1.97. The normalized spacial score (nSPS) is 10.2. The second kappa shape index (κ2) is 7.17. The van der Waals surface area contributed by atoms with Gasteiger partial charge in [0.2, 0.25) is 0 Å². The van der Waals surface area contributed by atoms with E-state index in [0.717, 1.165) is 17.1 Å². The van der Waals surface area contributed by atoms with Crippen molar-refractivity contribution >= 4 is 23.1 Å². The Morgan fingerprint density at radius 2 is 2.24 bits per heavy atom. The predicted molar refractivity (Wildman–Crippen MR) is 73.7 cm³/mol. The lowest BCUT2D eigenvalue weighted by Gasteiger charge is -2.05. The van der Waals surface area contributed by atoms with Crippen LogP contribution in [-0.4, -0.2) is 17.7 Å². The second-order valence-corrected chi connectivity index (χ2v) is 4.87. The number of thioether (sulfide) groups is 1. The monoisotopic (exact) mass is 254 g/mol. The summed E-state index contributed by atoms with van der Waals surface area (Å²) in [7, 11) is 1.69. The minimum atomic E-state index is -0.341. The summed E-state index contributed by atoms with van der Waals surface area (Å²) in [5, 5.41) is 13.7. The van der Waals surface area contributed by atoms with Gasteiger partial charge in [-0.3, -0.25) is 10.1 Å². The highest BCUT2D eigenvalue weighted by Crippen LogP contribution is 2.26. The highest BCUT2D eigenvalue weighted by Gasteiger charge is 2.12. The molecule has 94 valence electrons. The molecule has 0 fully saturated rings. The van der Waals surface area contributed by atoms with Crippen molar-refractivity contribution in [1.29, 1.82) is 0 Å². The lowest BCUT2D eigenvalue weighted by molar-refractivity contribution is -0.384. The maximum absolute atomic E-state index is 10.9. The largest absolute Gasteiger partial charge is 0.383 e. The van der Waals surface area contributed by atoms with E-state index in [9.17, 15) is 10.1 Å². The Balaban J connectivity index is 2.68. The quantitative estimate of drug-likeness (QED) is 0.458. The van der Waals surface area contributed by atoms with E-state index in [-0.39, 0.29) is 10.6 Å². The first-order chi connectivity index (χ1) is 8.19. The summed E-state index contributed by atoms with van der Waals surface area (Å²) in [5.41, 5.74) is 1.73. The fourth-order valence-corrected chi connectivity index (χ4v) is 2.52. The van der Waals surface area contributed by atoms with E-state index >= 15 is 0 Å². The number of nitrogens with zero attached hydrogens (tertiary/aromatic N) is 1. The maximum atomic E-state index is 10.9. The van der Waals surface area contributed by atoms with Crippen LogP contribution in [0.2, 0.25) is 0 Å². The molecule has 4 nitrogen and oxygen atoms in total. The smallest absolute Gasteiger partial charge is 0.292 e. The van der Waals surface area contributed by atoms with Crippen molar-refractivity contribution in [3.05, 3.63) is 33.9 Å². The van der Waals surface area contributed by atoms with Gasteiger partial charge in [0.05, 0.1) is 4.92 Å². The molecular weight excluding hydrogens is 236 g/mol. The molecule has 5 heteroatoms. The van der Waals surface area contributed by atoms with Crippen LogP contribution in [0, 0.1) is 10.1 Å². The van der Waals surface area contributed by atoms with Gasteiger partial charge >= 0.3 is 0 Å². The highest BCUT2D eigenvalue weighted by atomic mass is 32.2. The first-order valence-electron chi connectivity index (χ1n) is 5.71. The maximum Gasteiger partial charge on any atom is 0.292 e. The minimum absolute atomic E-state index is 0.154. The SMILES string of the molecule is CCCCSCc1ccc(NC)c([N+](=O)[O-])c1. The van der Waals surface area contributed by atoms with Gasteiger partial charge in [-0.2, -0.15) is 11.8 Å². The molecule has 1 aromatic carbocycles. The molecule has 0 saturated carbocycles. The molecule has 0 heterocycles. The molecule has 0 atom stereocenters. The second-order valence-electron chi connectivity index (χ2n) is 3.76. The molecule has 0 aliphatic carbocycles. The van der Waals surface area contributed by atoms with Crippen LogP contribution in [0.25, 0.3) is 0 Å². The molecule has 0 aliphatic heterocycles. The number of unbranched alkanes of at least 4 members (excludes halogenated alkanes) is 1. The number of nitro groups is 1. The van der Waals surface area contributed by atoms with Crippen molar-refractivity contribution in [3.63, 3.8) is 0 Å². The first kappa shape index (κ1) is 13.8. The summed E-state index contributed by atoms with van der Waals surface area (Å²) in [6.45, 7) is 2.16. The van der Waals surface area contributed by atoms with E-state index in [4.69, 9.17) is 0 Å². The molecule has 0 spiro atoms. The van der Waals surface area contributed by atoms with Crippen molar-refractivity contribution in [3.8, 4) is 0 Å². The van der Waals surface area contributed by atoms with E-state index in [1.165, 1.54) is 12.8 Å². The molecule has 0 bridgehead atoms. The van der Waals surface area contributed by atoms with Crippen molar-refractivity contribution < 1.29 is 4.92 Å². The van der Waals surface area contributed by atoms with E-state index in [1.807, 2.05) is 17.8 Å².